The Morgan fingerprint density at radius 3 is 2.60 bits per heavy atom. The zero-order valence-electron chi connectivity index (χ0n) is 12.0. The first-order valence-corrected chi connectivity index (χ1v) is 6.65. The molecule has 0 heterocycles. The Kier molecular flexibility index (Phi) is 7.87. The molecule has 1 N–H and O–H groups in total. The maximum atomic E-state index is 11.0. The first kappa shape index (κ1) is 16.6. The summed E-state index contributed by atoms with van der Waals surface area (Å²) >= 11 is 0. The lowest BCUT2D eigenvalue weighted by molar-refractivity contribution is -0.282. The van der Waals surface area contributed by atoms with Crippen LogP contribution in [0.5, 0.6) is 0 Å². The molecule has 0 bridgehead atoms. The predicted molar refractivity (Wildman–Crippen MR) is 74.0 cm³/mol. The molecule has 0 amide bonds. The van der Waals surface area contributed by atoms with Crippen molar-refractivity contribution in [3.8, 4) is 0 Å². The van der Waals surface area contributed by atoms with E-state index in [9.17, 15) is 4.79 Å². The molecular formula is C15H22O5. The van der Waals surface area contributed by atoms with Crippen molar-refractivity contribution in [3.63, 3.8) is 0 Å². The molecule has 0 spiro atoms. The van der Waals surface area contributed by atoms with Gasteiger partial charge >= 0.3 is 5.97 Å². The molecule has 0 aliphatic heterocycles. The van der Waals surface area contributed by atoms with Crippen molar-refractivity contribution in [2.75, 3.05) is 20.3 Å². The van der Waals surface area contributed by atoms with Crippen LogP contribution in [0, 0.1) is 11.8 Å². The zero-order chi connectivity index (χ0) is 14.8. The van der Waals surface area contributed by atoms with Gasteiger partial charge in [-0.05, 0) is 12.0 Å². The van der Waals surface area contributed by atoms with Crippen LogP contribution in [-0.2, 0) is 25.9 Å². The van der Waals surface area contributed by atoms with Crippen molar-refractivity contribution in [1.82, 2.24) is 0 Å². The fourth-order valence-corrected chi connectivity index (χ4v) is 1.83. The van der Waals surface area contributed by atoms with Crippen LogP contribution in [0.3, 0.4) is 0 Å². The lowest BCUT2D eigenvalue weighted by Gasteiger charge is -2.19. The number of aliphatic carboxylic acids is 1. The van der Waals surface area contributed by atoms with E-state index in [1.54, 1.807) is 6.92 Å². The summed E-state index contributed by atoms with van der Waals surface area (Å²) in [7, 11) is 1.41. The number of carboxylic acid groups (broad SMARTS) is 1. The Balaban J connectivity index is 2.32. The molecule has 0 aliphatic rings. The van der Waals surface area contributed by atoms with Gasteiger partial charge in [-0.2, -0.15) is 0 Å². The topological polar surface area (TPSA) is 65.0 Å². The number of hydrogen-bond acceptors (Lipinski definition) is 4. The Labute approximate surface area is 119 Å². The molecule has 1 rings (SSSR count). The summed E-state index contributed by atoms with van der Waals surface area (Å²) in [5.74, 6) is -1.47. The van der Waals surface area contributed by atoms with Crippen molar-refractivity contribution in [2.45, 2.75) is 20.0 Å². The minimum absolute atomic E-state index is 0.136. The second-order valence-corrected chi connectivity index (χ2v) is 4.67. The molecule has 1 unspecified atom stereocenters. The van der Waals surface area contributed by atoms with Gasteiger partial charge in [0.2, 0.25) is 0 Å². The smallest absolute Gasteiger partial charge is 0.306 e. The van der Waals surface area contributed by atoms with Gasteiger partial charge in [-0.3, -0.25) is 4.79 Å². The van der Waals surface area contributed by atoms with Crippen molar-refractivity contribution in [1.29, 1.82) is 0 Å². The SMILES string of the molecule is COOC[C@H](CCOCc1ccccc1)C(C)C(=O)O. The molecule has 0 aliphatic carbocycles. The summed E-state index contributed by atoms with van der Waals surface area (Å²) in [6, 6.07) is 9.85. The standard InChI is InChI=1S/C15H22O5/c1-12(15(16)17)14(11-20-18-2)8-9-19-10-13-6-4-3-5-7-13/h3-7,12,14H,8-11H2,1-2H3,(H,16,17)/t12?,14-/m0/s1. The fourth-order valence-electron chi connectivity index (χ4n) is 1.83. The van der Waals surface area contributed by atoms with Crippen LogP contribution in [0.15, 0.2) is 30.3 Å². The number of hydrogen-bond donors (Lipinski definition) is 1. The third-order valence-corrected chi connectivity index (χ3v) is 3.24. The van der Waals surface area contributed by atoms with Crippen LogP contribution in [0.1, 0.15) is 18.9 Å². The summed E-state index contributed by atoms with van der Waals surface area (Å²) in [5, 5.41) is 9.05. The van der Waals surface area contributed by atoms with Gasteiger partial charge in [0.05, 0.1) is 26.2 Å². The third kappa shape index (κ3) is 6.14. The number of rotatable bonds is 10. The van der Waals surface area contributed by atoms with Crippen LogP contribution in [-0.4, -0.2) is 31.4 Å². The highest BCUT2D eigenvalue weighted by molar-refractivity contribution is 5.69. The zero-order valence-corrected chi connectivity index (χ0v) is 12.0. The molecule has 20 heavy (non-hydrogen) atoms. The predicted octanol–water partition coefficient (Wildman–Crippen LogP) is 2.51. The van der Waals surface area contributed by atoms with Crippen LogP contribution in [0.25, 0.3) is 0 Å². The molecular weight excluding hydrogens is 260 g/mol. The molecule has 2 atom stereocenters. The normalized spacial score (nSPS) is 13.9. The number of carbonyl (C=O) groups is 1. The Bertz CT molecular complexity index is 379. The first-order chi connectivity index (χ1) is 9.65. The number of ether oxygens (including phenoxy) is 1. The van der Waals surface area contributed by atoms with Gasteiger partial charge in [0.25, 0.3) is 0 Å². The molecule has 0 saturated carbocycles. The summed E-state index contributed by atoms with van der Waals surface area (Å²) < 4.78 is 5.57. The first-order valence-electron chi connectivity index (χ1n) is 6.65. The number of benzene rings is 1. The second-order valence-electron chi connectivity index (χ2n) is 4.67. The van der Waals surface area contributed by atoms with E-state index in [1.807, 2.05) is 30.3 Å². The van der Waals surface area contributed by atoms with E-state index >= 15 is 0 Å². The van der Waals surface area contributed by atoms with E-state index in [4.69, 9.17) is 14.7 Å². The lowest BCUT2D eigenvalue weighted by Crippen LogP contribution is -2.26. The summed E-state index contributed by atoms with van der Waals surface area (Å²) in [6.45, 7) is 2.94. The maximum absolute atomic E-state index is 11.0. The highest BCUT2D eigenvalue weighted by atomic mass is 17.2. The lowest BCUT2D eigenvalue weighted by atomic mass is 9.92. The molecule has 1 aromatic rings. The van der Waals surface area contributed by atoms with Crippen LogP contribution < -0.4 is 0 Å². The van der Waals surface area contributed by atoms with E-state index in [-0.39, 0.29) is 12.5 Å². The van der Waals surface area contributed by atoms with E-state index in [2.05, 4.69) is 4.89 Å². The minimum Gasteiger partial charge on any atom is -0.481 e. The van der Waals surface area contributed by atoms with Gasteiger partial charge in [0, 0.05) is 12.5 Å². The van der Waals surface area contributed by atoms with Gasteiger partial charge in [0.1, 0.15) is 0 Å². The summed E-state index contributed by atoms with van der Waals surface area (Å²) in [6.07, 6.45) is 0.615. The minimum atomic E-state index is -0.835. The monoisotopic (exact) mass is 282 g/mol. The Morgan fingerprint density at radius 1 is 1.30 bits per heavy atom. The van der Waals surface area contributed by atoms with Gasteiger partial charge in [0.15, 0.2) is 0 Å². The average molecular weight is 282 g/mol. The molecule has 5 nitrogen and oxygen atoms in total. The van der Waals surface area contributed by atoms with Gasteiger partial charge in [-0.25, -0.2) is 9.78 Å². The van der Waals surface area contributed by atoms with Crippen LogP contribution in [0.4, 0.5) is 0 Å². The molecule has 0 saturated heterocycles. The highest BCUT2D eigenvalue weighted by Gasteiger charge is 2.24. The molecule has 112 valence electrons. The molecule has 0 radical (unpaired) electrons. The quantitative estimate of drug-likeness (QED) is 0.406. The molecule has 5 heteroatoms. The Morgan fingerprint density at radius 2 is 2.00 bits per heavy atom. The van der Waals surface area contributed by atoms with Crippen molar-refractivity contribution < 1.29 is 24.4 Å². The van der Waals surface area contributed by atoms with E-state index < -0.39 is 11.9 Å². The average Bonchev–Trinajstić information content (AvgIpc) is 2.47. The summed E-state index contributed by atoms with van der Waals surface area (Å²) in [4.78, 5) is 20.4. The van der Waals surface area contributed by atoms with E-state index in [0.717, 1.165) is 5.56 Å². The van der Waals surface area contributed by atoms with Gasteiger partial charge in [-0.15, -0.1) is 0 Å². The summed E-state index contributed by atoms with van der Waals surface area (Å²) in [5.41, 5.74) is 1.10. The van der Waals surface area contributed by atoms with E-state index in [1.165, 1.54) is 7.11 Å². The fraction of sp³-hybridized carbons (Fsp3) is 0.533. The third-order valence-electron chi connectivity index (χ3n) is 3.24. The van der Waals surface area contributed by atoms with E-state index in [0.29, 0.717) is 19.6 Å². The van der Waals surface area contributed by atoms with Gasteiger partial charge in [-0.1, -0.05) is 37.3 Å². The molecule has 0 aromatic heterocycles. The highest BCUT2D eigenvalue weighted by Crippen LogP contribution is 2.17. The second kappa shape index (κ2) is 9.47. The Hall–Kier alpha value is -1.43. The van der Waals surface area contributed by atoms with Crippen LogP contribution >= 0.6 is 0 Å². The van der Waals surface area contributed by atoms with Gasteiger partial charge < -0.3 is 9.84 Å². The molecule has 0 fully saturated rings. The number of carboxylic acids is 1. The molecule has 1 aromatic carbocycles. The largest absolute Gasteiger partial charge is 0.481 e. The van der Waals surface area contributed by atoms with Crippen molar-refractivity contribution in [3.05, 3.63) is 35.9 Å². The van der Waals surface area contributed by atoms with Crippen LogP contribution in [0.2, 0.25) is 0 Å². The maximum Gasteiger partial charge on any atom is 0.306 e. The van der Waals surface area contributed by atoms with Crippen molar-refractivity contribution >= 4 is 5.97 Å². The van der Waals surface area contributed by atoms with Crippen molar-refractivity contribution in [2.24, 2.45) is 11.8 Å².